The third-order valence-corrected chi connectivity index (χ3v) is 6.91. The molecule has 6 nitrogen and oxygen atoms in total. The van der Waals surface area contributed by atoms with E-state index in [9.17, 15) is 8.42 Å². The Balaban J connectivity index is 1.27. The predicted molar refractivity (Wildman–Crippen MR) is 131 cm³/mol. The minimum Gasteiger partial charge on any atom is -0.492 e. The lowest BCUT2D eigenvalue weighted by Crippen LogP contribution is -2.38. The maximum Gasteiger partial charge on any atom is 0.216 e. The molecule has 0 bridgehead atoms. The van der Waals surface area contributed by atoms with Gasteiger partial charge in [0.05, 0.1) is 19.0 Å². The molecule has 174 valence electrons. The molecular formula is C26H30N2O4S. The molecule has 0 radical (unpaired) electrons. The second-order valence-electron chi connectivity index (χ2n) is 8.09. The summed E-state index contributed by atoms with van der Waals surface area (Å²) < 4.78 is 38.7. The predicted octanol–water partition coefficient (Wildman–Crippen LogP) is 3.68. The van der Waals surface area contributed by atoms with Crippen molar-refractivity contribution in [3.8, 4) is 16.9 Å². The van der Waals surface area contributed by atoms with Crippen molar-refractivity contribution in [1.82, 2.24) is 9.62 Å². The summed E-state index contributed by atoms with van der Waals surface area (Å²) in [4.78, 5) is 2.34. The van der Waals surface area contributed by atoms with E-state index in [1.165, 1.54) is 0 Å². The molecule has 7 heteroatoms. The van der Waals surface area contributed by atoms with Gasteiger partial charge in [-0.05, 0) is 34.4 Å². The molecule has 1 heterocycles. The SMILES string of the molecule is O=S(=O)(Cc1ccc(-c2ccc(OCCN3CCOCC3)cc2)cc1)NCc1ccccc1. The molecule has 4 rings (SSSR count). The second kappa shape index (κ2) is 11.4. The van der Waals surface area contributed by atoms with Crippen LogP contribution in [0.2, 0.25) is 0 Å². The van der Waals surface area contributed by atoms with Crippen LogP contribution in [-0.2, 0) is 27.1 Å². The highest BCUT2D eigenvalue weighted by Gasteiger charge is 2.12. The van der Waals surface area contributed by atoms with E-state index in [-0.39, 0.29) is 5.75 Å². The molecule has 0 spiro atoms. The molecule has 0 atom stereocenters. The Bertz CT molecular complexity index is 1100. The van der Waals surface area contributed by atoms with Crippen LogP contribution in [0, 0.1) is 0 Å². The van der Waals surface area contributed by atoms with Crippen molar-refractivity contribution in [2.75, 3.05) is 39.5 Å². The number of hydrogen-bond acceptors (Lipinski definition) is 5. The molecule has 1 fully saturated rings. The number of hydrogen-bond donors (Lipinski definition) is 1. The standard InChI is InChI=1S/C26H30N2O4S/c29-33(30,27-20-22-4-2-1-3-5-22)21-23-6-8-24(9-7-23)25-10-12-26(13-11-25)32-19-16-28-14-17-31-18-15-28/h1-13,27H,14-21H2. The molecule has 3 aromatic rings. The highest BCUT2D eigenvalue weighted by atomic mass is 32.2. The minimum absolute atomic E-state index is 0.0456. The number of nitrogens with one attached hydrogen (secondary N) is 1. The number of rotatable bonds is 10. The average Bonchev–Trinajstić information content (AvgIpc) is 2.85. The van der Waals surface area contributed by atoms with Crippen LogP contribution in [0.25, 0.3) is 11.1 Å². The summed E-state index contributed by atoms with van der Waals surface area (Å²) >= 11 is 0. The smallest absolute Gasteiger partial charge is 0.216 e. The average molecular weight is 467 g/mol. The van der Waals surface area contributed by atoms with E-state index < -0.39 is 10.0 Å². The van der Waals surface area contributed by atoms with Gasteiger partial charge in [0.1, 0.15) is 12.4 Å². The highest BCUT2D eigenvalue weighted by molar-refractivity contribution is 7.88. The normalized spacial score (nSPS) is 14.8. The van der Waals surface area contributed by atoms with Gasteiger partial charge in [0.2, 0.25) is 10.0 Å². The van der Waals surface area contributed by atoms with E-state index >= 15 is 0 Å². The molecule has 1 N–H and O–H groups in total. The van der Waals surface area contributed by atoms with E-state index in [1.54, 1.807) is 0 Å². The Hall–Kier alpha value is -2.71. The van der Waals surface area contributed by atoms with Crippen molar-refractivity contribution in [2.45, 2.75) is 12.3 Å². The first-order chi connectivity index (χ1) is 16.1. The molecule has 0 unspecified atom stereocenters. The Morgan fingerprint density at radius 1 is 0.818 bits per heavy atom. The summed E-state index contributed by atoms with van der Waals surface area (Å²) in [6.07, 6.45) is 0. The zero-order chi connectivity index (χ0) is 22.9. The lowest BCUT2D eigenvalue weighted by Gasteiger charge is -2.26. The first-order valence-electron chi connectivity index (χ1n) is 11.2. The van der Waals surface area contributed by atoms with Gasteiger partial charge in [-0.25, -0.2) is 13.1 Å². The summed E-state index contributed by atoms with van der Waals surface area (Å²) in [5, 5.41) is 0. The molecule has 33 heavy (non-hydrogen) atoms. The van der Waals surface area contributed by atoms with Gasteiger partial charge in [0.25, 0.3) is 0 Å². The monoisotopic (exact) mass is 466 g/mol. The summed E-state index contributed by atoms with van der Waals surface area (Å²) in [7, 11) is -3.41. The van der Waals surface area contributed by atoms with Crippen LogP contribution >= 0.6 is 0 Å². The molecule has 0 amide bonds. The molecule has 0 aliphatic carbocycles. The summed E-state index contributed by atoms with van der Waals surface area (Å²) in [6, 6.07) is 25.1. The Labute approximate surface area is 196 Å². The van der Waals surface area contributed by atoms with Gasteiger partial charge in [-0.2, -0.15) is 0 Å². The van der Waals surface area contributed by atoms with Crippen molar-refractivity contribution in [2.24, 2.45) is 0 Å². The fourth-order valence-electron chi connectivity index (χ4n) is 3.71. The van der Waals surface area contributed by atoms with Crippen LogP contribution < -0.4 is 9.46 Å². The number of benzene rings is 3. The van der Waals surface area contributed by atoms with Crippen LogP contribution in [0.1, 0.15) is 11.1 Å². The Kier molecular flexibility index (Phi) is 8.12. The molecule has 0 saturated carbocycles. The van der Waals surface area contributed by atoms with Crippen molar-refractivity contribution in [3.05, 3.63) is 90.0 Å². The van der Waals surface area contributed by atoms with E-state index in [0.29, 0.717) is 13.2 Å². The largest absolute Gasteiger partial charge is 0.492 e. The van der Waals surface area contributed by atoms with Crippen LogP contribution in [0.4, 0.5) is 0 Å². The maximum absolute atomic E-state index is 12.4. The molecule has 3 aromatic carbocycles. The van der Waals surface area contributed by atoms with Gasteiger partial charge in [-0.3, -0.25) is 4.90 Å². The van der Waals surface area contributed by atoms with Gasteiger partial charge < -0.3 is 9.47 Å². The molecular weight excluding hydrogens is 436 g/mol. The van der Waals surface area contributed by atoms with E-state index in [4.69, 9.17) is 9.47 Å². The van der Waals surface area contributed by atoms with Crippen molar-refractivity contribution >= 4 is 10.0 Å². The quantitative estimate of drug-likeness (QED) is 0.494. The molecule has 1 aliphatic heterocycles. The van der Waals surface area contributed by atoms with Crippen molar-refractivity contribution < 1.29 is 17.9 Å². The van der Waals surface area contributed by atoms with Crippen LogP contribution in [0.3, 0.4) is 0 Å². The summed E-state index contributed by atoms with van der Waals surface area (Å²) in [5.41, 5.74) is 3.78. The van der Waals surface area contributed by atoms with Crippen LogP contribution in [0.15, 0.2) is 78.9 Å². The number of morpholine rings is 1. The van der Waals surface area contributed by atoms with Crippen LogP contribution in [-0.4, -0.2) is 52.8 Å². The number of nitrogens with zero attached hydrogens (tertiary/aromatic N) is 1. The molecule has 1 aliphatic rings. The number of ether oxygens (including phenoxy) is 2. The zero-order valence-corrected chi connectivity index (χ0v) is 19.5. The summed E-state index contributed by atoms with van der Waals surface area (Å²) in [6.45, 7) is 5.36. The van der Waals surface area contributed by atoms with Crippen LogP contribution in [0.5, 0.6) is 5.75 Å². The topological polar surface area (TPSA) is 67.9 Å². The number of sulfonamides is 1. The van der Waals surface area contributed by atoms with Gasteiger partial charge >= 0.3 is 0 Å². The zero-order valence-electron chi connectivity index (χ0n) is 18.7. The van der Waals surface area contributed by atoms with Crippen molar-refractivity contribution in [3.63, 3.8) is 0 Å². The third-order valence-electron chi connectivity index (χ3n) is 5.62. The Morgan fingerprint density at radius 2 is 1.45 bits per heavy atom. The van der Waals surface area contributed by atoms with Gasteiger partial charge in [0.15, 0.2) is 0 Å². The van der Waals surface area contributed by atoms with E-state index in [2.05, 4.69) is 9.62 Å². The third kappa shape index (κ3) is 7.40. The minimum atomic E-state index is -3.41. The van der Waals surface area contributed by atoms with Crippen molar-refractivity contribution in [1.29, 1.82) is 0 Å². The molecule has 1 saturated heterocycles. The van der Waals surface area contributed by atoms with Gasteiger partial charge in [-0.15, -0.1) is 0 Å². The highest BCUT2D eigenvalue weighted by Crippen LogP contribution is 2.23. The first-order valence-corrected chi connectivity index (χ1v) is 12.9. The van der Waals surface area contributed by atoms with E-state index in [0.717, 1.165) is 60.9 Å². The maximum atomic E-state index is 12.4. The van der Waals surface area contributed by atoms with E-state index in [1.807, 2.05) is 78.9 Å². The Morgan fingerprint density at radius 3 is 2.12 bits per heavy atom. The fourth-order valence-corrected chi connectivity index (χ4v) is 4.83. The molecule has 0 aromatic heterocycles. The first kappa shape index (κ1) is 23.4. The van der Waals surface area contributed by atoms with Gasteiger partial charge in [-0.1, -0.05) is 66.7 Å². The second-order valence-corrected chi connectivity index (χ2v) is 9.90. The summed E-state index contributed by atoms with van der Waals surface area (Å²) in [5.74, 6) is 0.801. The lowest BCUT2D eigenvalue weighted by atomic mass is 10.0. The fraction of sp³-hybridized carbons (Fsp3) is 0.308. The lowest BCUT2D eigenvalue weighted by molar-refractivity contribution is 0.0322. The van der Waals surface area contributed by atoms with Gasteiger partial charge in [0, 0.05) is 26.2 Å².